The third-order valence-electron chi connectivity index (χ3n) is 3.58. The van der Waals surface area contributed by atoms with E-state index in [0.29, 0.717) is 13.0 Å². The molecule has 0 atom stereocenters. The Morgan fingerprint density at radius 2 is 1.42 bits per heavy atom. The molecule has 140 valence electrons. The highest BCUT2D eigenvalue weighted by Gasteiger charge is 2.29. The molecule has 1 N–H and O–H groups in total. The number of halogens is 3. The minimum atomic E-state index is -4.33. The number of hydrogen-bond donors (Lipinski definition) is 1. The molecular formula is C20H22F3NO2. The standard InChI is InChI=1S/C20H22F3NO2/c1-19(2,3)26-18(25)24-13-12-14-4-6-15(7-5-14)16-8-10-17(11-9-16)20(21,22)23/h4-11H,12-13H2,1-3H3,(H,24,25). The molecule has 2 aromatic rings. The fourth-order valence-corrected chi connectivity index (χ4v) is 2.34. The molecule has 0 radical (unpaired) electrons. The van der Waals surface area contributed by atoms with Crippen LogP contribution in [0.4, 0.5) is 18.0 Å². The van der Waals surface area contributed by atoms with Gasteiger partial charge in [-0.15, -0.1) is 0 Å². The summed E-state index contributed by atoms with van der Waals surface area (Å²) in [6, 6.07) is 12.6. The molecule has 1 amide bonds. The molecule has 6 heteroatoms. The van der Waals surface area contributed by atoms with Gasteiger partial charge >= 0.3 is 12.3 Å². The Kier molecular flexibility index (Phi) is 5.95. The lowest BCUT2D eigenvalue weighted by molar-refractivity contribution is -0.137. The zero-order chi connectivity index (χ0) is 19.4. The summed E-state index contributed by atoms with van der Waals surface area (Å²) in [4.78, 5) is 11.6. The summed E-state index contributed by atoms with van der Waals surface area (Å²) in [5.41, 5.74) is 1.37. The van der Waals surface area contributed by atoms with E-state index in [2.05, 4.69) is 5.32 Å². The van der Waals surface area contributed by atoms with Crippen molar-refractivity contribution in [2.45, 2.75) is 39.0 Å². The second kappa shape index (κ2) is 7.81. The van der Waals surface area contributed by atoms with Crippen molar-refractivity contribution >= 4 is 6.09 Å². The average Bonchev–Trinajstić information content (AvgIpc) is 2.53. The number of carbonyl (C=O) groups excluding carboxylic acids is 1. The summed E-state index contributed by atoms with van der Waals surface area (Å²) < 4.78 is 43.0. The Morgan fingerprint density at radius 3 is 1.88 bits per heavy atom. The fraction of sp³-hybridized carbons (Fsp3) is 0.350. The van der Waals surface area contributed by atoms with Crippen LogP contribution in [0.15, 0.2) is 48.5 Å². The van der Waals surface area contributed by atoms with Crippen LogP contribution in [-0.2, 0) is 17.3 Å². The van der Waals surface area contributed by atoms with Crippen LogP contribution >= 0.6 is 0 Å². The van der Waals surface area contributed by atoms with Crippen LogP contribution < -0.4 is 5.32 Å². The summed E-state index contributed by atoms with van der Waals surface area (Å²) in [5, 5.41) is 2.69. The smallest absolute Gasteiger partial charge is 0.416 e. The van der Waals surface area contributed by atoms with Gasteiger partial charge in [-0.25, -0.2) is 4.79 Å². The summed E-state index contributed by atoms with van der Waals surface area (Å²) in [6.45, 7) is 5.83. The minimum absolute atomic E-state index is 0.439. The van der Waals surface area contributed by atoms with Gasteiger partial charge in [-0.2, -0.15) is 13.2 Å². The number of hydrogen-bond acceptors (Lipinski definition) is 2. The monoisotopic (exact) mass is 365 g/mol. The van der Waals surface area contributed by atoms with E-state index in [0.717, 1.165) is 28.8 Å². The van der Waals surface area contributed by atoms with Crippen LogP contribution in [-0.4, -0.2) is 18.2 Å². The van der Waals surface area contributed by atoms with E-state index >= 15 is 0 Å². The maximum absolute atomic E-state index is 12.6. The van der Waals surface area contributed by atoms with Crippen molar-refractivity contribution in [3.63, 3.8) is 0 Å². The zero-order valence-corrected chi connectivity index (χ0v) is 15.0. The molecule has 0 spiro atoms. The molecular weight excluding hydrogens is 343 g/mol. The van der Waals surface area contributed by atoms with Gasteiger partial charge in [0.15, 0.2) is 0 Å². The zero-order valence-electron chi connectivity index (χ0n) is 15.0. The van der Waals surface area contributed by atoms with Crippen molar-refractivity contribution in [2.24, 2.45) is 0 Å². The maximum Gasteiger partial charge on any atom is 0.416 e. The highest BCUT2D eigenvalue weighted by atomic mass is 19.4. The third-order valence-corrected chi connectivity index (χ3v) is 3.58. The van der Waals surface area contributed by atoms with E-state index < -0.39 is 23.4 Å². The third kappa shape index (κ3) is 6.10. The Hall–Kier alpha value is -2.50. The minimum Gasteiger partial charge on any atom is -0.444 e. The number of ether oxygens (including phenoxy) is 1. The molecule has 0 bridgehead atoms. The summed E-state index contributed by atoms with van der Waals surface area (Å²) >= 11 is 0. The fourth-order valence-electron chi connectivity index (χ4n) is 2.34. The van der Waals surface area contributed by atoms with E-state index in [9.17, 15) is 18.0 Å². The van der Waals surface area contributed by atoms with Gasteiger partial charge in [0.1, 0.15) is 5.60 Å². The van der Waals surface area contributed by atoms with Gasteiger partial charge in [0.05, 0.1) is 5.56 Å². The van der Waals surface area contributed by atoms with E-state index in [1.54, 1.807) is 20.8 Å². The number of rotatable bonds is 4. The summed E-state index contributed by atoms with van der Waals surface area (Å²) in [5.74, 6) is 0. The van der Waals surface area contributed by atoms with Gasteiger partial charge < -0.3 is 10.1 Å². The van der Waals surface area contributed by atoms with Crippen molar-refractivity contribution in [3.8, 4) is 11.1 Å². The van der Waals surface area contributed by atoms with Gasteiger partial charge in [-0.05, 0) is 56.0 Å². The first-order valence-electron chi connectivity index (χ1n) is 8.28. The van der Waals surface area contributed by atoms with Gasteiger partial charge in [-0.1, -0.05) is 36.4 Å². The first-order valence-corrected chi connectivity index (χ1v) is 8.28. The molecule has 0 unspecified atom stereocenters. The van der Waals surface area contributed by atoms with Crippen molar-refractivity contribution in [1.82, 2.24) is 5.32 Å². The van der Waals surface area contributed by atoms with E-state index in [-0.39, 0.29) is 0 Å². The van der Waals surface area contributed by atoms with Gasteiger partial charge in [-0.3, -0.25) is 0 Å². The lowest BCUT2D eigenvalue weighted by atomic mass is 10.0. The topological polar surface area (TPSA) is 38.3 Å². The lowest BCUT2D eigenvalue weighted by Gasteiger charge is -2.19. The Labute approximate surface area is 151 Å². The molecule has 0 heterocycles. The SMILES string of the molecule is CC(C)(C)OC(=O)NCCc1ccc(-c2ccc(C(F)(F)F)cc2)cc1. The number of carbonyl (C=O) groups is 1. The molecule has 0 saturated carbocycles. The summed E-state index contributed by atoms with van der Waals surface area (Å²) in [7, 11) is 0. The highest BCUT2D eigenvalue weighted by molar-refractivity contribution is 5.67. The van der Waals surface area contributed by atoms with E-state index in [4.69, 9.17) is 4.74 Å². The number of benzene rings is 2. The van der Waals surface area contributed by atoms with Crippen LogP contribution in [0.3, 0.4) is 0 Å². The van der Waals surface area contributed by atoms with Crippen LogP contribution in [0.25, 0.3) is 11.1 Å². The predicted molar refractivity (Wildman–Crippen MR) is 94.8 cm³/mol. The first-order chi connectivity index (χ1) is 12.0. The lowest BCUT2D eigenvalue weighted by Crippen LogP contribution is -2.33. The largest absolute Gasteiger partial charge is 0.444 e. The molecule has 0 saturated heterocycles. The normalized spacial score (nSPS) is 11.9. The molecule has 0 aliphatic heterocycles. The van der Waals surface area contributed by atoms with Gasteiger partial charge in [0.25, 0.3) is 0 Å². The van der Waals surface area contributed by atoms with Crippen LogP contribution in [0.2, 0.25) is 0 Å². The number of alkyl carbamates (subject to hydrolysis) is 1. The van der Waals surface area contributed by atoms with Crippen LogP contribution in [0.1, 0.15) is 31.9 Å². The Balaban J connectivity index is 1.91. The number of nitrogens with one attached hydrogen (secondary N) is 1. The summed E-state index contributed by atoms with van der Waals surface area (Å²) in [6.07, 6.45) is -4.16. The van der Waals surface area contributed by atoms with Crippen LogP contribution in [0.5, 0.6) is 0 Å². The van der Waals surface area contributed by atoms with Crippen molar-refractivity contribution in [1.29, 1.82) is 0 Å². The Bertz CT molecular complexity index is 730. The quantitative estimate of drug-likeness (QED) is 0.783. The maximum atomic E-state index is 12.6. The predicted octanol–water partition coefficient (Wildman–Crippen LogP) is 5.44. The van der Waals surface area contributed by atoms with Gasteiger partial charge in [0, 0.05) is 6.54 Å². The first kappa shape index (κ1) is 19.8. The van der Waals surface area contributed by atoms with Crippen molar-refractivity contribution in [2.75, 3.05) is 6.54 Å². The van der Waals surface area contributed by atoms with E-state index in [1.807, 2.05) is 24.3 Å². The second-order valence-corrected chi connectivity index (χ2v) is 6.95. The molecule has 0 aliphatic carbocycles. The van der Waals surface area contributed by atoms with Crippen LogP contribution in [0, 0.1) is 0 Å². The van der Waals surface area contributed by atoms with Crippen molar-refractivity contribution in [3.05, 3.63) is 59.7 Å². The number of amides is 1. The molecule has 3 nitrogen and oxygen atoms in total. The van der Waals surface area contributed by atoms with E-state index in [1.165, 1.54) is 12.1 Å². The molecule has 2 rings (SSSR count). The molecule has 0 aliphatic rings. The molecule has 0 aromatic heterocycles. The molecule has 0 fully saturated rings. The molecule has 26 heavy (non-hydrogen) atoms. The average molecular weight is 365 g/mol. The van der Waals surface area contributed by atoms with Crippen molar-refractivity contribution < 1.29 is 22.7 Å². The second-order valence-electron chi connectivity index (χ2n) is 6.95. The highest BCUT2D eigenvalue weighted by Crippen LogP contribution is 2.31. The van der Waals surface area contributed by atoms with Gasteiger partial charge in [0.2, 0.25) is 0 Å². The molecule has 2 aromatic carbocycles. The Morgan fingerprint density at radius 1 is 0.923 bits per heavy atom. The number of alkyl halides is 3.